The molecule has 0 fully saturated rings. The Hall–Kier alpha value is 0.483. The fraction of sp³-hybridized carbons (Fsp3) is 0. The molecule has 0 radical (unpaired) electrons. The van der Waals surface area contributed by atoms with E-state index in [9.17, 15) is 0 Å². The molecule has 10 heavy (non-hydrogen) atoms. The summed E-state index contributed by atoms with van der Waals surface area (Å²) in [6.45, 7) is 3.70. The molecule has 0 aromatic heterocycles. The van der Waals surface area contributed by atoms with Crippen molar-refractivity contribution in [3.8, 4) is 0 Å². The molecular weight excluding hydrogens is 265 g/mol. The third kappa shape index (κ3) is 4.32. The molecule has 0 amide bonds. The Morgan fingerprint density at radius 3 is 1.90 bits per heavy atom. The second kappa shape index (κ2) is 6.21. The van der Waals surface area contributed by atoms with E-state index in [1.165, 1.54) is 16.3 Å². The molecule has 50 valence electrons. The molecule has 1 rings (SSSR count). The first kappa shape index (κ1) is 10.5. The van der Waals surface area contributed by atoms with Gasteiger partial charge in [-0.05, 0) is 0 Å². The molecular formula is C7H6BrClZn. The standard InChI is InChI=1S/C7H6Cl.BrH.Zn/c1-6-2-4-7(8)5-3-6;;/h2-5H,1H2;1H;/q-1;;+2/p-1. The Balaban J connectivity index is 0.000000371. The van der Waals surface area contributed by atoms with Crippen molar-refractivity contribution in [3.05, 3.63) is 41.8 Å². The molecule has 0 heterocycles. The minimum atomic E-state index is 0.761. The van der Waals surface area contributed by atoms with Gasteiger partial charge in [0, 0.05) is 5.02 Å². The SMILES string of the molecule is [CH2-]c1ccc(Cl)cc1.[Zn+][Br]. The topological polar surface area (TPSA) is 0 Å². The van der Waals surface area contributed by atoms with Gasteiger partial charge in [0.2, 0.25) is 0 Å². The summed E-state index contributed by atoms with van der Waals surface area (Å²) in [5.41, 5.74) is 0.995. The van der Waals surface area contributed by atoms with E-state index < -0.39 is 0 Å². The van der Waals surface area contributed by atoms with Crippen LogP contribution in [0.15, 0.2) is 24.3 Å². The van der Waals surface area contributed by atoms with Gasteiger partial charge in [0.1, 0.15) is 0 Å². The zero-order valence-electron chi connectivity index (χ0n) is 5.48. The fourth-order valence-corrected chi connectivity index (χ4v) is 0.610. The predicted octanol–water partition coefficient (Wildman–Crippen LogP) is 3.37. The molecule has 0 atom stereocenters. The Kier molecular flexibility index (Phi) is 6.51. The van der Waals surface area contributed by atoms with Crippen LogP contribution in [0.5, 0.6) is 0 Å². The van der Waals surface area contributed by atoms with E-state index in [2.05, 4.69) is 20.5 Å². The van der Waals surface area contributed by atoms with Crippen LogP contribution in [0.25, 0.3) is 0 Å². The van der Waals surface area contributed by atoms with E-state index in [4.69, 9.17) is 11.6 Å². The average Bonchev–Trinajstić information content (AvgIpc) is 2.00. The Bertz CT molecular complexity index is 152. The van der Waals surface area contributed by atoms with E-state index >= 15 is 0 Å². The molecule has 0 aliphatic carbocycles. The number of rotatable bonds is 0. The molecule has 0 N–H and O–H groups in total. The van der Waals surface area contributed by atoms with Crippen LogP contribution in [-0.2, 0) is 16.3 Å². The Labute approximate surface area is 83.0 Å². The van der Waals surface area contributed by atoms with Crippen molar-refractivity contribution in [1.82, 2.24) is 0 Å². The zero-order chi connectivity index (χ0) is 7.98. The van der Waals surface area contributed by atoms with Crippen LogP contribution in [0.3, 0.4) is 0 Å². The molecule has 0 unspecified atom stereocenters. The number of halogens is 2. The van der Waals surface area contributed by atoms with Gasteiger partial charge < -0.3 is 0 Å². The molecule has 0 aliphatic rings. The number of hydrogen-bond donors (Lipinski definition) is 0. The molecule has 1 aromatic rings. The van der Waals surface area contributed by atoms with E-state index in [1.807, 2.05) is 24.3 Å². The number of benzene rings is 1. The van der Waals surface area contributed by atoms with E-state index in [0.29, 0.717) is 0 Å². The van der Waals surface area contributed by atoms with Gasteiger partial charge in [-0.1, -0.05) is 23.7 Å². The number of hydrogen-bond acceptors (Lipinski definition) is 0. The molecule has 0 bridgehead atoms. The summed E-state index contributed by atoms with van der Waals surface area (Å²) in [5.74, 6) is 0. The monoisotopic (exact) mass is 268 g/mol. The van der Waals surface area contributed by atoms with Crippen molar-refractivity contribution in [2.45, 2.75) is 0 Å². The summed E-state index contributed by atoms with van der Waals surface area (Å²) in [5, 5.41) is 0.761. The van der Waals surface area contributed by atoms with E-state index in [1.54, 1.807) is 0 Å². The predicted molar refractivity (Wildman–Crippen MR) is 44.8 cm³/mol. The van der Waals surface area contributed by atoms with Crippen LogP contribution >= 0.6 is 25.2 Å². The molecule has 0 spiro atoms. The van der Waals surface area contributed by atoms with Gasteiger partial charge in [0.25, 0.3) is 0 Å². The normalized spacial score (nSPS) is 8.00. The molecule has 0 saturated carbocycles. The summed E-state index contributed by atoms with van der Waals surface area (Å²) in [6.07, 6.45) is 0. The van der Waals surface area contributed by atoms with Gasteiger partial charge in [-0.25, -0.2) is 0 Å². The Morgan fingerprint density at radius 1 is 1.20 bits per heavy atom. The first-order chi connectivity index (χ1) is 4.79. The third-order valence-corrected chi connectivity index (χ3v) is 1.17. The van der Waals surface area contributed by atoms with Crippen LogP contribution in [0.1, 0.15) is 5.56 Å². The summed E-state index contributed by atoms with van der Waals surface area (Å²) in [4.78, 5) is 0. The van der Waals surface area contributed by atoms with Crippen LogP contribution in [0.2, 0.25) is 5.02 Å². The van der Waals surface area contributed by atoms with Crippen molar-refractivity contribution < 1.29 is 16.3 Å². The fourth-order valence-electron chi connectivity index (χ4n) is 0.484. The average molecular weight is 271 g/mol. The van der Waals surface area contributed by atoms with E-state index in [-0.39, 0.29) is 0 Å². The third-order valence-electron chi connectivity index (χ3n) is 0.913. The van der Waals surface area contributed by atoms with Crippen molar-refractivity contribution in [1.29, 1.82) is 0 Å². The summed E-state index contributed by atoms with van der Waals surface area (Å²) in [6, 6.07) is 7.40. The molecule has 3 heteroatoms. The quantitative estimate of drug-likeness (QED) is 0.501. The second-order valence-electron chi connectivity index (χ2n) is 1.63. The maximum atomic E-state index is 5.58. The first-order valence-corrected chi connectivity index (χ1v) is 9.96. The van der Waals surface area contributed by atoms with Gasteiger partial charge in [-0.3, -0.25) is 0 Å². The Morgan fingerprint density at radius 2 is 1.60 bits per heavy atom. The van der Waals surface area contributed by atoms with Gasteiger partial charge in [0.05, 0.1) is 0 Å². The van der Waals surface area contributed by atoms with Gasteiger partial charge >= 0.3 is 30.0 Å². The zero-order valence-corrected chi connectivity index (χ0v) is 10.8. The van der Waals surface area contributed by atoms with Gasteiger partial charge in [-0.15, -0.1) is 0 Å². The van der Waals surface area contributed by atoms with Crippen LogP contribution < -0.4 is 0 Å². The van der Waals surface area contributed by atoms with Crippen molar-refractivity contribution in [2.24, 2.45) is 0 Å². The molecule has 0 nitrogen and oxygen atoms in total. The van der Waals surface area contributed by atoms with Crippen LogP contribution in [-0.4, -0.2) is 0 Å². The van der Waals surface area contributed by atoms with E-state index in [0.717, 1.165) is 10.6 Å². The summed E-state index contributed by atoms with van der Waals surface area (Å²) in [7, 11) is 0. The van der Waals surface area contributed by atoms with Crippen molar-refractivity contribution in [3.63, 3.8) is 0 Å². The van der Waals surface area contributed by atoms with Crippen LogP contribution in [0.4, 0.5) is 0 Å². The van der Waals surface area contributed by atoms with Crippen molar-refractivity contribution in [2.75, 3.05) is 0 Å². The molecule has 0 saturated heterocycles. The maximum absolute atomic E-state index is 5.58. The van der Waals surface area contributed by atoms with Crippen molar-refractivity contribution >= 4 is 25.2 Å². The minimum absolute atomic E-state index is 0.761. The summed E-state index contributed by atoms with van der Waals surface area (Å²) >= 11 is 9.83. The molecule has 1 aromatic carbocycles. The second-order valence-corrected chi connectivity index (χ2v) is 2.06. The molecule has 0 aliphatic heterocycles. The summed E-state index contributed by atoms with van der Waals surface area (Å²) < 4.78 is 0. The van der Waals surface area contributed by atoms with Crippen LogP contribution in [0, 0.1) is 6.92 Å². The van der Waals surface area contributed by atoms with Gasteiger partial charge in [-0.2, -0.15) is 24.6 Å². The first-order valence-electron chi connectivity index (χ1n) is 2.63. The van der Waals surface area contributed by atoms with Gasteiger partial charge in [0.15, 0.2) is 0 Å².